The van der Waals surface area contributed by atoms with Gasteiger partial charge in [-0.2, -0.15) is 0 Å². The minimum absolute atomic E-state index is 0.0226. The van der Waals surface area contributed by atoms with E-state index in [4.69, 9.17) is 4.74 Å². The van der Waals surface area contributed by atoms with E-state index in [-0.39, 0.29) is 18.0 Å². The van der Waals surface area contributed by atoms with Gasteiger partial charge in [0.2, 0.25) is 0 Å². The average Bonchev–Trinajstić information content (AvgIpc) is 2.58. The van der Waals surface area contributed by atoms with Crippen molar-refractivity contribution in [3.8, 4) is 0 Å². The number of carbonyl (C=O) groups excluding carboxylic acids is 1. The van der Waals surface area contributed by atoms with Crippen LogP contribution in [0.5, 0.6) is 0 Å². The topological polar surface area (TPSA) is 38.3 Å². The number of carbonyl (C=O) groups is 1. The van der Waals surface area contributed by atoms with E-state index in [1.54, 1.807) is 0 Å². The quantitative estimate of drug-likeness (QED) is 0.676. The van der Waals surface area contributed by atoms with E-state index in [0.717, 1.165) is 37.8 Å². The predicted molar refractivity (Wildman–Crippen MR) is 53.8 cm³/mol. The Morgan fingerprint density at radius 1 is 1.29 bits per heavy atom. The van der Waals surface area contributed by atoms with Crippen LogP contribution in [0.3, 0.4) is 0 Å². The first-order chi connectivity index (χ1) is 6.66. The van der Waals surface area contributed by atoms with E-state index in [2.05, 4.69) is 5.32 Å². The minimum Gasteiger partial charge on any atom is -0.463 e. The van der Waals surface area contributed by atoms with Crippen molar-refractivity contribution in [3.63, 3.8) is 0 Å². The van der Waals surface area contributed by atoms with Gasteiger partial charge in [0.15, 0.2) is 0 Å². The van der Waals surface area contributed by atoms with Gasteiger partial charge in [0.1, 0.15) is 0 Å². The standard InChI is InChI=1S/C11H19NO2/c1-7(2)14-11(13)8-3-9-5-12-6-10(9)4-8/h7-10,12H,3-6H2,1-2H3. The zero-order chi connectivity index (χ0) is 10.1. The van der Waals surface area contributed by atoms with Crippen LogP contribution in [0, 0.1) is 17.8 Å². The lowest BCUT2D eigenvalue weighted by atomic mass is 10.0. The summed E-state index contributed by atoms with van der Waals surface area (Å²) in [5.41, 5.74) is 0. The van der Waals surface area contributed by atoms with E-state index < -0.39 is 0 Å². The highest BCUT2D eigenvalue weighted by molar-refractivity contribution is 5.73. The van der Waals surface area contributed by atoms with E-state index >= 15 is 0 Å². The first kappa shape index (κ1) is 9.97. The van der Waals surface area contributed by atoms with Gasteiger partial charge in [-0.1, -0.05) is 0 Å². The van der Waals surface area contributed by atoms with E-state index in [1.165, 1.54) is 0 Å². The molecule has 0 bridgehead atoms. The zero-order valence-corrected chi connectivity index (χ0v) is 8.95. The van der Waals surface area contributed by atoms with Gasteiger partial charge in [0, 0.05) is 0 Å². The predicted octanol–water partition coefficient (Wildman–Crippen LogP) is 1.18. The summed E-state index contributed by atoms with van der Waals surface area (Å²) < 4.78 is 5.24. The Bertz CT molecular complexity index is 215. The number of esters is 1. The molecule has 1 N–H and O–H groups in total. The fraction of sp³-hybridized carbons (Fsp3) is 0.909. The number of nitrogens with one attached hydrogen (secondary N) is 1. The van der Waals surface area contributed by atoms with Crippen molar-refractivity contribution in [2.75, 3.05) is 13.1 Å². The molecule has 0 amide bonds. The van der Waals surface area contributed by atoms with Crippen LogP contribution in [0.1, 0.15) is 26.7 Å². The molecule has 2 aliphatic rings. The molecule has 0 aromatic rings. The van der Waals surface area contributed by atoms with Crippen LogP contribution in [-0.4, -0.2) is 25.2 Å². The molecule has 1 aliphatic heterocycles. The SMILES string of the molecule is CC(C)OC(=O)C1CC2CNCC2C1. The third-order valence-electron chi connectivity index (χ3n) is 3.34. The molecule has 3 heteroatoms. The summed E-state index contributed by atoms with van der Waals surface area (Å²) in [6, 6.07) is 0. The lowest BCUT2D eigenvalue weighted by Crippen LogP contribution is -2.21. The monoisotopic (exact) mass is 197 g/mol. The summed E-state index contributed by atoms with van der Waals surface area (Å²) in [6.45, 7) is 6.01. The molecule has 0 spiro atoms. The lowest BCUT2D eigenvalue weighted by molar-refractivity contribution is -0.152. The Morgan fingerprint density at radius 3 is 2.36 bits per heavy atom. The number of fused-ring (bicyclic) bond motifs is 1. The number of rotatable bonds is 2. The van der Waals surface area contributed by atoms with Crippen molar-refractivity contribution in [1.29, 1.82) is 0 Å². The Kier molecular flexibility index (Phi) is 2.77. The van der Waals surface area contributed by atoms with Crippen LogP contribution >= 0.6 is 0 Å². The highest BCUT2D eigenvalue weighted by Crippen LogP contribution is 2.39. The molecule has 2 fully saturated rings. The number of hydrogen-bond donors (Lipinski definition) is 1. The van der Waals surface area contributed by atoms with Crippen molar-refractivity contribution >= 4 is 5.97 Å². The maximum absolute atomic E-state index is 11.6. The summed E-state index contributed by atoms with van der Waals surface area (Å²) in [5.74, 6) is 1.64. The molecule has 14 heavy (non-hydrogen) atoms. The Labute approximate surface area is 85.2 Å². The van der Waals surface area contributed by atoms with E-state index in [0.29, 0.717) is 0 Å². The van der Waals surface area contributed by atoms with Crippen molar-refractivity contribution in [1.82, 2.24) is 5.32 Å². The highest BCUT2D eigenvalue weighted by Gasteiger charge is 2.40. The fourth-order valence-corrected chi connectivity index (χ4v) is 2.69. The average molecular weight is 197 g/mol. The van der Waals surface area contributed by atoms with Gasteiger partial charge in [0.05, 0.1) is 12.0 Å². The second kappa shape index (κ2) is 3.89. The van der Waals surface area contributed by atoms with Gasteiger partial charge in [-0.15, -0.1) is 0 Å². The molecule has 2 unspecified atom stereocenters. The van der Waals surface area contributed by atoms with Crippen molar-refractivity contribution in [3.05, 3.63) is 0 Å². The first-order valence-corrected chi connectivity index (χ1v) is 5.58. The molecule has 1 aliphatic carbocycles. The molecule has 80 valence electrons. The highest BCUT2D eigenvalue weighted by atomic mass is 16.5. The Morgan fingerprint density at radius 2 is 1.86 bits per heavy atom. The van der Waals surface area contributed by atoms with Crippen molar-refractivity contribution < 1.29 is 9.53 Å². The van der Waals surface area contributed by atoms with E-state index in [9.17, 15) is 4.79 Å². The van der Waals surface area contributed by atoms with Crippen LogP contribution in [0.25, 0.3) is 0 Å². The summed E-state index contributed by atoms with van der Waals surface area (Å²) in [4.78, 5) is 11.6. The fourth-order valence-electron chi connectivity index (χ4n) is 2.69. The summed E-state index contributed by atoms with van der Waals surface area (Å²) in [5, 5.41) is 3.37. The maximum Gasteiger partial charge on any atom is 0.309 e. The third-order valence-corrected chi connectivity index (χ3v) is 3.34. The second-order valence-corrected chi connectivity index (χ2v) is 4.83. The van der Waals surface area contributed by atoms with E-state index in [1.807, 2.05) is 13.8 Å². The molecule has 0 radical (unpaired) electrons. The summed E-state index contributed by atoms with van der Waals surface area (Å²) in [6.07, 6.45) is 2.09. The van der Waals surface area contributed by atoms with Gasteiger partial charge in [-0.25, -0.2) is 0 Å². The van der Waals surface area contributed by atoms with Gasteiger partial charge in [-0.05, 0) is 51.6 Å². The smallest absolute Gasteiger partial charge is 0.309 e. The first-order valence-electron chi connectivity index (χ1n) is 5.58. The maximum atomic E-state index is 11.6. The normalized spacial score (nSPS) is 36.1. The van der Waals surface area contributed by atoms with Crippen molar-refractivity contribution in [2.45, 2.75) is 32.8 Å². The van der Waals surface area contributed by atoms with Gasteiger partial charge in [-0.3, -0.25) is 4.79 Å². The number of hydrogen-bond acceptors (Lipinski definition) is 3. The van der Waals surface area contributed by atoms with Gasteiger partial charge < -0.3 is 10.1 Å². The molecular formula is C11H19NO2. The molecule has 1 saturated carbocycles. The molecule has 0 aromatic carbocycles. The van der Waals surface area contributed by atoms with Crippen LogP contribution in [0.15, 0.2) is 0 Å². The summed E-state index contributed by atoms with van der Waals surface area (Å²) >= 11 is 0. The van der Waals surface area contributed by atoms with Gasteiger partial charge in [0.25, 0.3) is 0 Å². The summed E-state index contributed by atoms with van der Waals surface area (Å²) in [7, 11) is 0. The Balaban J connectivity index is 1.86. The molecule has 3 nitrogen and oxygen atoms in total. The lowest BCUT2D eigenvalue weighted by Gasteiger charge is -2.13. The minimum atomic E-state index is 0.0226. The Hall–Kier alpha value is -0.570. The molecule has 0 aromatic heterocycles. The largest absolute Gasteiger partial charge is 0.463 e. The molecule has 1 saturated heterocycles. The number of ether oxygens (including phenoxy) is 1. The van der Waals surface area contributed by atoms with Crippen LogP contribution in [-0.2, 0) is 9.53 Å². The van der Waals surface area contributed by atoms with Crippen LogP contribution in [0.4, 0.5) is 0 Å². The molecule has 2 atom stereocenters. The molecule has 2 rings (SSSR count). The second-order valence-electron chi connectivity index (χ2n) is 4.83. The van der Waals surface area contributed by atoms with Crippen LogP contribution in [0.2, 0.25) is 0 Å². The zero-order valence-electron chi connectivity index (χ0n) is 8.95. The van der Waals surface area contributed by atoms with Gasteiger partial charge >= 0.3 is 5.97 Å². The molecular weight excluding hydrogens is 178 g/mol. The molecule has 1 heterocycles. The van der Waals surface area contributed by atoms with Crippen LogP contribution < -0.4 is 5.32 Å². The van der Waals surface area contributed by atoms with Crippen molar-refractivity contribution in [2.24, 2.45) is 17.8 Å². The third kappa shape index (κ3) is 1.92.